The molecule has 0 unspecified atom stereocenters. The van der Waals surface area contributed by atoms with E-state index in [1.54, 1.807) is 12.3 Å². The van der Waals surface area contributed by atoms with Gasteiger partial charge in [-0.15, -0.1) is 0 Å². The van der Waals surface area contributed by atoms with Gasteiger partial charge in [0, 0.05) is 122 Å². The molecule has 0 amide bonds. The van der Waals surface area contributed by atoms with Crippen LogP contribution in [0.3, 0.4) is 0 Å². The first-order valence-corrected chi connectivity index (χ1v) is 23.4. The van der Waals surface area contributed by atoms with Crippen LogP contribution in [0.5, 0.6) is 0 Å². The molecule has 0 aromatic rings. The van der Waals surface area contributed by atoms with Crippen LogP contribution in [0.1, 0.15) is 0 Å². The normalized spacial score (nSPS) is 12.5. The SMILES string of the molecule is C[P+]1(C)CC1.C[PH+](C)C.C[PH+](C)C.C[PH+](C)C.C[PH+](C)C.[Mo].[NH-]N. The molecule has 2 nitrogen and oxygen atoms in total. The molecule has 1 aliphatic heterocycles. The Hall–Kier alpha value is 2.76. The Morgan fingerprint density at radius 3 is 0.583 bits per heavy atom. The van der Waals surface area contributed by atoms with Crippen LogP contribution in [-0.4, -0.2) is 106 Å². The van der Waals surface area contributed by atoms with Gasteiger partial charge in [-0.05, 0) is 31.7 Å². The van der Waals surface area contributed by atoms with Crippen LogP contribution >= 0.6 is 38.9 Å². The van der Waals surface area contributed by atoms with Crippen molar-refractivity contribution in [1.29, 1.82) is 0 Å². The second-order valence-corrected chi connectivity index (χ2v) is 25.1. The Kier molecular flexibility index (Phi) is 52.3. The van der Waals surface area contributed by atoms with Crippen molar-refractivity contribution >= 4 is 38.9 Å². The fourth-order valence-corrected chi connectivity index (χ4v) is 1.80. The van der Waals surface area contributed by atoms with Crippen LogP contribution in [0.2, 0.25) is 0 Å². The Morgan fingerprint density at radius 2 is 0.583 bits per heavy atom. The van der Waals surface area contributed by atoms with Crippen LogP contribution in [0.15, 0.2) is 0 Å². The third kappa shape index (κ3) is 232. The molecule has 24 heavy (non-hydrogen) atoms. The monoisotopic (exact) mass is 526 g/mol. The van der Waals surface area contributed by atoms with Crippen molar-refractivity contribution < 1.29 is 21.1 Å². The number of hydrogen-bond donors (Lipinski definition) is 1. The summed E-state index contributed by atoms with van der Waals surface area (Å²) >= 11 is 0. The van der Waals surface area contributed by atoms with Crippen molar-refractivity contribution in [2.45, 2.75) is 0 Å². The van der Waals surface area contributed by atoms with E-state index >= 15 is 0 Å². The molecular formula is C16H53MoN2P5+4. The minimum Gasteiger partial charge on any atom is -0.615 e. The van der Waals surface area contributed by atoms with Gasteiger partial charge < -0.3 is 11.7 Å². The molecule has 0 spiro atoms. The van der Waals surface area contributed by atoms with Gasteiger partial charge in [0.05, 0.1) is 12.3 Å². The van der Waals surface area contributed by atoms with Gasteiger partial charge in [-0.25, -0.2) is 0 Å². The average molecular weight is 524 g/mol. The standard InChI is InChI=1S/C4H10P.4C3H9P.Mo.H3N2/c1-5(2)3-4-5;4*1-4(2)3;;1-2/h3-4H2,1-2H3;4*1-3H3;;1H,2H2/q+1;;;;;;-1/p+4. The second-order valence-electron chi connectivity index (χ2n) is 8.38. The Labute approximate surface area is 176 Å². The molecule has 0 bridgehead atoms. The fourth-order valence-electron chi connectivity index (χ4n) is 0.200. The van der Waals surface area contributed by atoms with E-state index in [4.69, 9.17) is 5.84 Å². The van der Waals surface area contributed by atoms with E-state index in [1.807, 2.05) is 0 Å². The summed E-state index contributed by atoms with van der Waals surface area (Å²) in [6, 6.07) is 0. The molecule has 0 aromatic heterocycles. The van der Waals surface area contributed by atoms with Crippen LogP contribution in [0, 0.1) is 0 Å². The van der Waals surface area contributed by atoms with Crippen molar-refractivity contribution in [3.05, 3.63) is 5.84 Å². The summed E-state index contributed by atoms with van der Waals surface area (Å²) in [4.78, 5) is 0. The molecule has 0 saturated carbocycles. The smallest absolute Gasteiger partial charge is 0.0925 e. The zero-order valence-corrected chi connectivity index (χ0v) is 26.2. The van der Waals surface area contributed by atoms with Gasteiger partial charge in [0.1, 0.15) is 0 Å². The van der Waals surface area contributed by atoms with Gasteiger partial charge in [-0.2, -0.15) is 0 Å². The number of nitrogens with two attached hydrogens (primary N) is 1. The number of hydrogen-bond acceptors (Lipinski definition) is 1. The molecule has 1 saturated heterocycles. The summed E-state index contributed by atoms with van der Waals surface area (Å²) in [6.45, 7) is 32.0. The molecule has 1 rings (SSSR count). The van der Waals surface area contributed by atoms with Crippen molar-refractivity contribution in [1.82, 2.24) is 0 Å². The summed E-state index contributed by atoms with van der Waals surface area (Å²) < 4.78 is 0. The summed E-state index contributed by atoms with van der Waals surface area (Å²) in [7, 11) is 0.343. The van der Waals surface area contributed by atoms with Gasteiger partial charge in [-0.1, -0.05) is 0 Å². The third-order valence-electron chi connectivity index (χ3n) is 1.12. The predicted octanol–water partition coefficient (Wildman–Crippen LogP) is 5.55. The second kappa shape index (κ2) is 30.5. The minimum absolute atomic E-state index is 0. The molecule has 0 radical (unpaired) electrons. The van der Waals surface area contributed by atoms with E-state index in [0.29, 0.717) is 0 Å². The van der Waals surface area contributed by atoms with E-state index < -0.39 is 0 Å². The van der Waals surface area contributed by atoms with Crippen molar-refractivity contribution in [3.63, 3.8) is 0 Å². The van der Waals surface area contributed by atoms with Crippen LogP contribution in [0.25, 0.3) is 5.84 Å². The van der Waals surface area contributed by atoms with E-state index in [0.717, 1.165) is 0 Å². The zero-order chi connectivity index (χ0) is 20.2. The van der Waals surface area contributed by atoms with Gasteiger partial charge in [0.25, 0.3) is 0 Å². The van der Waals surface area contributed by atoms with E-state index in [1.165, 1.54) is 0 Å². The summed E-state index contributed by atoms with van der Waals surface area (Å²) in [5.41, 5.74) is 0. The van der Waals surface area contributed by atoms with Crippen molar-refractivity contribution in [2.75, 3.05) is 106 Å². The molecule has 1 fully saturated rings. The number of rotatable bonds is 0. The summed E-state index contributed by atoms with van der Waals surface area (Å²) in [6.07, 6.45) is 3.12. The Morgan fingerprint density at radius 1 is 0.542 bits per heavy atom. The minimum atomic E-state index is -0.139. The van der Waals surface area contributed by atoms with Crippen LogP contribution in [0.4, 0.5) is 0 Å². The van der Waals surface area contributed by atoms with Gasteiger partial charge in [-0.3, -0.25) is 0 Å². The maximum atomic E-state index is 5.25. The molecule has 8 heteroatoms. The van der Waals surface area contributed by atoms with Crippen LogP contribution < -0.4 is 5.84 Å². The summed E-state index contributed by atoms with van der Waals surface area (Å²) in [5, 5.41) is 0. The third-order valence-corrected chi connectivity index (χ3v) is 3.35. The van der Waals surface area contributed by atoms with Gasteiger partial charge >= 0.3 is 0 Å². The summed E-state index contributed by atoms with van der Waals surface area (Å²) in [5.74, 6) is 9.00. The largest absolute Gasteiger partial charge is 0.615 e. The Balaban J connectivity index is -0.0000000409. The molecule has 3 N–H and O–H groups in total. The molecule has 1 aliphatic rings. The Bertz CT molecular complexity index is 152. The maximum Gasteiger partial charge on any atom is 0.0925 e. The zero-order valence-electron chi connectivity index (χ0n) is 19.3. The van der Waals surface area contributed by atoms with Crippen molar-refractivity contribution in [2.24, 2.45) is 5.84 Å². The molecule has 0 atom stereocenters. The van der Waals surface area contributed by atoms with E-state index in [9.17, 15) is 0 Å². The maximum absolute atomic E-state index is 5.25. The first-order chi connectivity index (χ1) is 10.1. The first-order valence-electron chi connectivity index (χ1n) is 8.32. The first kappa shape index (κ1) is 41.2. The average Bonchev–Trinajstić information content (AvgIpc) is 2.93. The molecule has 0 aromatic carbocycles. The van der Waals surface area contributed by atoms with Gasteiger partial charge in [0.2, 0.25) is 0 Å². The molecular weight excluding hydrogens is 471 g/mol. The fraction of sp³-hybridized carbons (Fsp3) is 1.00. The topological polar surface area (TPSA) is 49.8 Å². The number of nitrogens with one attached hydrogen (secondary N) is 1. The predicted molar refractivity (Wildman–Crippen MR) is 141 cm³/mol. The van der Waals surface area contributed by atoms with Crippen LogP contribution in [-0.2, 0) is 21.1 Å². The molecule has 1 heterocycles. The quantitative estimate of drug-likeness (QED) is 0.192. The van der Waals surface area contributed by atoms with E-state index in [2.05, 4.69) is 99.2 Å². The van der Waals surface area contributed by atoms with E-state index in [-0.39, 0.29) is 60.0 Å². The van der Waals surface area contributed by atoms with Gasteiger partial charge in [0.15, 0.2) is 0 Å². The molecule has 0 aliphatic carbocycles. The molecule has 154 valence electrons. The van der Waals surface area contributed by atoms with Crippen molar-refractivity contribution in [3.8, 4) is 0 Å².